The van der Waals surface area contributed by atoms with E-state index in [9.17, 15) is 4.79 Å². The summed E-state index contributed by atoms with van der Waals surface area (Å²) in [5, 5.41) is 12.7. The summed E-state index contributed by atoms with van der Waals surface area (Å²) in [4.78, 5) is 19.7. The Kier molecular flexibility index (Phi) is 4.51. The van der Waals surface area contributed by atoms with Crippen molar-refractivity contribution in [3.05, 3.63) is 78.2 Å². The van der Waals surface area contributed by atoms with Gasteiger partial charge >= 0.3 is 0 Å². The van der Waals surface area contributed by atoms with Crippen LogP contribution in [0.25, 0.3) is 28.3 Å². The van der Waals surface area contributed by atoms with Crippen LogP contribution in [0, 0.1) is 17.2 Å². The van der Waals surface area contributed by atoms with E-state index in [1.54, 1.807) is 0 Å². The SMILES string of the molecule is CC1(C2CC(=O)N(c3ccc4c(c3)Cn3cc(-c5ccc(C#N)cc5)cc3-c3nccn3-4)C2)CCN1. The maximum absolute atomic E-state index is 13.0. The molecule has 0 spiro atoms. The van der Waals surface area contributed by atoms with Gasteiger partial charge in [0.25, 0.3) is 0 Å². The third-order valence-corrected chi connectivity index (χ3v) is 8.29. The van der Waals surface area contributed by atoms with Gasteiger partial charge in [-0.05, 0) is 67.4 Å². The van der Waals surface area contributed by atoms with Gasteiger partial charge in [0.05, 0.1) is 23.0 Å². The van der Waals surface area contributed by atoms with Crippen LogP contribution >= 0.6 is 0 Å². The summed E-state index contributed by atoms with van der Waals surface area (Å²) in [5.41, 5.74) is 7.12. The minimum atomic E-state index is 0.0731. The van der Waals surface area contributed by atoms with Crippen molar-refractivity contribution in [2.45, 2.75) is 31.8 Å². The molecule has 7 nitrogen and oxygen atoms in total. The number of carbonyl (C=O) groups excluding carboxylic acids is 1. The Balaban J connectivity index is 1.26. The Hall–Kier alpha value is -4.15. The lowest BCUT2D eigenvalue weighted by molar-refractivity contribution is -0.117. The minimum absolute atomic E-state index is 0.0731. The Labute approximate surface area is 209 Å². The molecular formula is C29H26N6O. The van der Waals surface area contributed by atoms with Crippen molar-refractivity contribution in [3.63, 3.8) is 0 Å². The molecule has 7 heteroatoms. The first-order chi connectivity index (χ1) is 17.5. The molecular weight excluding hydrogens is 448 g/mol. The standard InChI is InChI=1S/C29H26N6O/c1-29(8-9-32-29)23-14-27(36)35(18-23)24-6-7-25-22(12-24)17-33-16-21(20-4-2-19(15-30)3-5-20)13-26(33)28-31-10-11-34(25)28/h2-7,10-13,16,23,32H,8-9,14,17-18H2,1H3. The average Bonchev–Trinajstić information content (AvgIpc) is 3.60. The third-order valence-electron chi connectivity index (χ3n) is 8.29. The summed E-state index contributed by atoms with van der Waals surface area (Å²) in [6.07, 6.45) is 7.71. The normalized spacial score (nSPS) is 22.3. The van der Waals surface area contributed by atoms with Gasteiger partial charge in [0.2, 0.25) is 5.91 Å². The Morgan fingerprint density at radius 2 is 1.97 bits per heavy atom. The first kappa shape index (κ1) is 21.2. The largest absolute Gasteiger partial charge is 0.340 e. The van der Waals surface area contributed by atoms with Gasteiger partial charge in [-0.25, -0.2) is 4.98 Å². The maximum atomic E-state index is 13.0. The molecule has 2 aromatic heterocycles. The van der Waals surface area contributed by atoms with E-state index in [0.29, 0.717) is 24.4 Å². The van der Waals surface area contributed by atoms with Crippen LogP contribution in [0.5, 0.6) is 0 Å². The number of imidazole rings is 1. The molecule has 178 valence electrons. The van der Waals surface area contributed by atoms with Crippen LogP contribution < -0.4 is 10.2 Å². The lowest BCUT2D eigenvalue weighted by Gasteiger charge is -2.44. The van der Waals surface area contributed by atoms with Crippen molar-refractivity contribution < 1.29 is 4.79 Å². The summed E-state index contributed by atoms with van der Waals surface area (Å²) in [7, 11) is 0. The molecule has 4 aromatic rings. The Bertz CT molecular complexity index is 1550. The average molecular weight is 475 g/mol. The predicted molar refractivity (Wildman–Crippen MR) is 138 cm³/mol. The van der Waals surface area contributed by atoms with E-state index in [0.717, 1.165) is 59.1 Å². The Morgan fingerprint density at radius 1 is 1.14 bits per heavy atom. The van der Waals surface area contributed by atoms with E-state index in [1.165, 1.54) is 0 Å². The molecule has 0 bridgehead atoms. The molecule has 5 heterocycles. The molecule has 3 aliphatic rings. The lowest BCUT2D eigenvalue weighted by atomic mass is 9.77. The zero-order chi connectivity index (χ0) is 24.4. The number of nitrogens with one attached hydrogen (secondary N) is 1. The van der Waals surface area contributed by atoms with Gasteiger partial charge in [-0.3, -0.25) is 9.36 Å². The number of anilines is 1. The van der Waals surface area contributed by atoms with E-state index in [4.69, 9.17) is 5.26 Å². The second kappa shape index (κ2) is 7.67. The topological polar surface area (TPSA) is 78.9 Å². The molecule has 0 aliphatic carbocycles. The fraction of sp³-hybridized carbons (Fsp3) is 0.276. The van der Waals surface area contributed by atoms with E-state index in [-0.39, 0.29) is 11.4 Å². The molecule has 1 N–H and O–H groups in total. The predicted octanol–water partition coefficient (Wildman–Crippen LogP) is 4.35. The number of benzene rings is 2. The highest BCUT2D eigenvalue weighted by Gasteiger charge is 2.45. The van der Waals surface area contributed by atoms with Gasteiger partial charge in [-0.15, -0.1) is 0 Å². The number of nitriles is 1. The smallest absolute Gasteiger partial charge is 0.227 e. The molecule has 2 fully saturated rings. The van der Waals surface area contributed by atoms with E-state index in [2.05, 4.69) is 62.9 Å². The number of aromatic nitrogens is 3. The molecule has 0 radical (unpaired) electrons. The molecule has 3 aliphatic heterocycles. The van der Waals surface area contributed by atoms with Gasteiger partial charge in [0.1, 0.15) is 0 Å². The molecule has 1 amide bonds. The summed E-state index contributed by atoms with van der Waals surface area (Å²) in [5.74, 6) is 1.43. The van der Waals surface area contributed by atoms with Crippen molar-refractivity contribution in [2.75, 3.05) is 18.0 Å². The van der Waals surface area contributed by atoms with Crippen molar-refractivity contribution in [2.24, 2.45) is 5.92 Å². The number of fused-ring (bicyclic) bond motifs is 5. The highest BCUT2D eigenvalue weighted by molar-refractivity contribution is 5.96. The summed E-state index contributed by atoms with van der Waals surface area (Å²) >= 11 is 0. The highest BCUT2D eigenvalue weighted by atomic mass is 16.2. The monoisotopic (exact) mass is 474 g/mol. The van der Waals surface area contributed by atoms with Crippen LogP contribution in [0.15, 0.2) is 67.1 Å². The van der Waals surface area contributed by atoms with Gasteiger partial charge in [0, 0.05) is 60.8 Å². The number of rotatable bonds is 3. The number of hydrogen-bond acceptors (Lipinski definition) is 4. The quantitative estimate of drug-likeness (QED) is 0.422. The Morgan fingerprint density at radius 3 is 2.72 bits per heavy atom. The molecule has 2 unspecified atom stereocenters. The molecule has 2 aromatic carbocycles. The van der Waals surface area contributed by atoms with Crippen molar-refractivity contribution >= 4 is 11.6 Å². The maximum Gasteiger partial charge on any atom is 0.227 e. The van der Waals surface area contributed by atoms with Gasteiger partial charge in [0.15, 0.2) is 5.82 Å². The summed E-state index contributed by atoms with van der Waals surface area (Å²) in [6, 6.07) is 18.4. The summed E-state index contributed by atoms with van der Waals surface area (Å²) < 4.78 is 4.37. The van der Waals surface area contributed by atoms with Gasteiger partial charge in [-0.1, -0.05) is 12.1 Å². The number of amides is 1. The minimum Gasteiger partial charge on any atom is -0.340 e. The molecule has 2 atom stereocenters. The van der Waals surface area contributed by atoms with Crippen LogP contribution in [-0.2, 0) is 11.3 Å². The second-order valence-corrected chi connectivity index (χ2v) is 10.4. The van der Waals surface area contributed by atoms with Gasteiger partial charge in [-0.2, -0.15) is 5.26 Å². The third kappa shape index (κ3) is 3.15. The number of carbonyl (C=O) groups is 1. The van der Waals surface area contributed by atoms with Gasteiger partial charge < -0.3 is 14.8 Å². The second-order valence-electron chi connectivity index (χ2n) is 10.4. The molecule has 7 rings (SSSR count). The molecule has 0 saturated carbocycles. The van der Waals surface area contributed by atoms with Crippen molar-refractivity contribution in [1.82, 2.24) is 19.4 Å². The van der Waals surface area contributed by atoms with Crippen LogP contribution in [0.2, 0.25) is 0 Å². The molecule has 36 heavy (non-hydrogen) atoms. The number of nitrogens with zero attached hydrogens (tertiary/aromatic N) is 5. The first-order valence-corrected chi connectivity index (χ1v) is 12.5. The number of hydrogen-bond donors (Lipinski definition) is 1. The van der Waals surface area contributed by atoms with Crippen LogP contribution in [0.3, 0.4) is 0 Å². The van der Waals surface area contributed by atoms with Crippen LogP contribution in [-0.4, -0.2) is 38.7 Å². The fourth-order valence-electron chi connectivity index (χ4n) is 5.95. The summed E-state index contributed by atoms with van der Waals surface area (Å²) in [6.45, 7) is 4.73. The van der Waals surface area contributed by atoms with Crippen molar-refractivity contribution in [3.8, 4) is 34.4 Å². The first-order valence-electron chi connectivity index (χ1n) is 12.5. The zero-order valence-corrected chi connectivity index (χ0v) is 20.1. The van der Waals surface area contributed by atoms with Crippen LogP contribution in [0.4, 0.5) is 5.69 Å². The highest BCUT2D eigenvalue weighted by Crippen LogP contribution is 2.39. The molecule has 2 saturated heterocycles. The van der Waals surface area contributed by atoms with E-state index in [1.807, 2.05) is 41.6 Å². The van der Waals surface area contributed by atoms with Crippen LogP contribution in [0.1, 0.15) is 30.9 Å². The van der Waals surface area contributed by atoms with E-state index >= 15 is 0 Å². The van der Waals surface area contributed by atoms with Crippen molar-refractivity contribution in [1.29, 1.82) is 5.26 Å². The van der Waals surface area contributed by atoms with E-state index < -0.39 is 0 Å². The fourth-order valence-corrected chi connectivity index (χ4v) is 5.95. The lowest BCUT2D eigenvalue weighted by Crippen LogP contribution is -2.59. The zero-order valence-electron chi connectivity index (χ0n) is 20.1.